The van der Waals surface area contributed by atoms with Crippen LogP contribution >= 0.6 is 0 Å². The molecular formula is C26H29N3O3. The lowest BCUT2D eigenvalue weighted by Gasteiger charge is -2.39. The first-order valence-corrected chi connectivity index (χ1v) is 10.8. The molecule has 1 aromatic heterocycles. The van der Waals surface area contributed by atoms with Gasteiger partial charge in [0.15, 0.2) is 11.5 Å². The zero-order valence-electron chi connectivity index (χ0n) is 18.8. The number of ether oxygens (including phenoxy) is 2. The first kappa shape index (κ1) is 21.8. The summed E-state index contributed by atoms with van der Waals surface area (Å²) in [5.41, 5.74) is 4.43. The molecule has 0 N–H and O–H groups in total. The van der Waals surface area contributed by atoms with Crippen LogP contribution in [0.5, 0.6) is 11.5 Å². The Kier molecular flexibility index (Phi) is 6.71. The average molecular weight is 432 g/mol. The topological polar surface area (TPSA) is 54.9 Å². The summed E-state index contributed by atoms with van der Waals surface area (Å²) in [6, 6.07) is 18.1. The Labute approximate surface area is 189 Å². The fourth-order valence-electron chi connectivity index (χ4n) is 4.26. The van der Waals surface area contributed by atoms with E-state index in [1.54, 1.807) is 26.6 Å². The van der Waals surface area contributed by atoms with Gasteiger partial charge in [0.2, 0.25) is 5.91 Å². The number of aromatic nitrogens is 1. The normalized spacial score (nSPS) is 16.8. The van der Waals surface area contributed by atoms with Gasteiger partial charge < -0.3 is 14.4 Å². The monoisotopic (exact) mass is 431 g/mol. The second-order valence-electron chi connectivity index (χ2n) is 8.04. The molecule has 4 rings (SSSR count). The average Bonchev–Trinajstić information content (AvgIpc) is 2.84. The molecule has 1 fully saturated rings. The molecule has 0 saturated carbocycles. The number of likely N-dealkylation sites (N-methyl/N-ethyl adjacent to an activating group) is 1. The maximum atomic E-state index is 13.1. The summed E-state index contributed by atoms with van der Waals surface area (Å²) < 4.78 is 11.1. The molecule has 0 aliphatic carbocycles. The molecule has 0 spiro atoms. The Morgan fingerprint density at radius 3 is 2.34 bits per heavy atom. The number of hydrogen-bond donors (Lipinski definition) is 0. The summed E-state index contributed by atoms with van der Waals surface area (Å²) in [6.07, 6.45) is 4.25. The van der Waals surface area contributed by atoms with Gasteiger partial charge in [0.1, 0.15) is 0 Å². The molecule has 1 unspecified atom stereocenters. The molecular weight excluding hydrogens is 402 g/mol. The Hall–Kier alpha value is -3.38. The van der Waals surface area contributed by atoms with Crippen LogP contribution in [0, 0.1) is 0 Å². The van der Waals surface area contributed by atoms with Gasteiger partial charge >= 0.3 is 0 Å². The smallest absolute Gasteiger partial charge is 0.240 e. The molecule has 1 saturated heterocycles. The number of piperazine rings is 1. The maximum absolute atomic E-state index is 13.1. The number of rotatable bonds is 7. The summed E-state index contributed by atoms with van der Waals surface area (Å²) in [6.45, 7) is 2.14. The number of methoxy groups -OCH3 is 2. The summed E-state index contributed by atoms with van der Waals surface area (Å²) in [5, 5.41) is 0. The number of amides is 1. The van der Waals surface area contributed by atoms with Crippen LogP contribution in [-0.4, -0.2) is 61.1 Å². The molecule has 1 atom stereocenters. The van der Waals surface area contributed by atoms with E-state index in [9.17, 15) is 4.79 Å². The van der Waals surface area contributed by atoms with E-state index in [2.05, 4.69) is 34.1 Å². The van der Waals surface area contributed by atoms with E-state index in [0.717, 1.165) is 34.5 Å². The SMILES string of the molecule is COc1cccc(CN2CCN(C)C(=O)C2Cc2ccc(-c3ccncc3)cc2)c1OC. The van der Waals surface area contributed by atoms with Crippen molar-refractivity contribution in [2.45, 2.75) is 19.0 Å². The molecule has 6 nitrogen and oxygen atoms in total. The highest BCUT2D eigenvalue weighted by atomic mass is 16.5. The fourth-order valence-corrected chi connectivity index (χ4v) is 4.26. The molecule has 166 valence electrons. The van der Waals surface area contributed by atoms with E-state index < -0.39 is 0 Å². The minimum atomic E-state index is -0.226. The third kappa shape index (κ3) is 4.60. The number of nitrogens with zero attached hydrogens (tertiary/aromatic N) is 3. The first-order chi connectivity index (χ1) is 15.6. The number of para-hydroxylation sites is 1. The standard InChI is InChI=1S/C26H29N3O3/c1-28-15-16-29(18-22-5-4-6-24(31-2)25(22)32-3)23(26(28)30)17-19-7-9-20(10-8-19)21-11-13-27-14-12-21/h4-14,23H,15-18H2,1-3H3. The van der Waals surface area contributed by atoms with Crippen molar-refractivity contribution in [3.63, 3.8) is 0 Å². The zero-order chi connectivity index (χ0) is 22.5. The Balaban J connectivity index is 1.56. The zero-order valence-corrected chi connectivity index (χ0v) is 18.8. The highest BCUT2D eigenvalue weighted by Crippen LogP contribution is 2.32. The highest BCUT2D eigenvalue weighted by molar-refractivity contribution is 5.82. The van der Waals surface area contributed by atoms with Crippen molar-refractivity contribution >= 4 is 5.91 Å². The Morgan fingerprint density at radius 1 is 0.938 bits per heavy atom. The second kappa shape index (κ2) is 9.83. The summed E-state index contributed by atoms with van der Waals surface area (Å²) in [5.74, 6) is 1.58. The molecule has 3 aromatic rings. The third-order valence-corrected chi connectivity index (χ3v) is 6.08. The number of benzene rings is 2. The van der Waals surface area contributed by atoms with Gasteiger partial charge in [-0.25, -0.2) is 0 Å². The lowest BCUT2D eigenvalue weighted by Crippen LogP contribution is -2.56. The number of pyridine rings is 1. The summed E-state index contributed by atoms with van der Waals surface area (Å²) in [7, 11) is 5.17. The molecule has 1 aliphatic rings. The van der Waals surface area contributed by atoms with Crippen molar-refractivity contribution in [2.75, 3.05) is 34.4 Å². The van der Waals surface area contributed by atoms with Gasteiger partial charge in [-0.3, -0.25) is 14.7 Å². The summed E-state index contributed by atoms with van der Waals surface area (Å²) in [4.78, 5) is 21.3. The lowest BCUT2D eigenvalue weighted by molar-refractivity contribution is -0.140. The predicted molar refractivity (Wildman–Crippen MR) is 125 cm³/mol. The predicted octanol–water partition coefficient (Wildman–Crippen LogP) is 3.65. The first-order valence-electron chi connectivity index (χ1n) is 10.8. The number of carbonyl (C=O) groups excluding carboxylic acids is 1. The van der Waals surface area contributed by atoms with Gasteiger partial charge in [-0.1, -0.05) is 36.4 Å². The van der Waals surface area contributed by atoms with Crippen LogP contribution in [-0.2, 0) is 17.8 Å². The quantitative estimate of drug-likeness (QED) is 0.572. The summed E-state index contributed by atoms with van der Waals surface area (Å²) >= 11 is 0. The Morgan fingerprint density at radius 2 is 1.66 bits per heavy atom. The lowest BCUT2D eigenvalue weighted by atomic mass is 9.98. The molecule has 6 heteroatoms. The van der Waals surface area contributed by atoms with E-state index in [0.29, 0.717) is 25.3 Å². The maximum Gasteiger partial charge on any atom is 0.240 e. The van der Waals surface area contributed by atoms with Gasteiger partial charge in [-0.05, 0) is 41.3 Å². The molecule has 2 heterocycles. The molecule has 1 amide bonds. The molecule has 2 aromatic carbocycles. The van der Waals surface area contributed by atoms with Crippen LogP contribution < -0.4 is 9.47 Å². The van der Waals surface area contributed by atoms with E-state index in [1.807, 2.05) is 42.3 Å². The van der Waals surface area contributed by atoms with Crippen molar-refractivity contribution in [2.24, 2.45) is 0 Å². The molecule has 0 bridgehead atoms. The Bertz CT molecular complexity index is 1050. The van der Waals surface area contributed by atoms with Gasteiger partial charge in [0.05, 0.1) is 20.3 Å². The van der Waals surface area contributed by atoms with Crippen LogP contribution in [0.15, 0.2) is 67.0 Å². The second-order valence-corrected chi connectivity index (χ2v) is 8.04. The minimum Gasteiger partial charge on any atom is -0.493 e. The fraction of sp³-hybridized carbons (Fsp3) is 0.308. The van der Waals surface area contributed by atoms with E-state index in [4.69, 9.17) is 9.47 Å². The van der Waals surface area contributed by atoms with Crippen LogP contribution in [0.25, 0.3) is 11.1 Å². The van der Waals surface area contributed by atoms with Crippen molar-refractivity contribution in [3.8, 4) is 22.6 Å². The largest absolute Gasteiger partial charge is 0.493 e. The van der Waals surface area contributed by atoms with Gasteiger partial charge in [0.25, 0.3) is 0 Å². The van der Waals surface area contributed by atoms with Crippen LogP contribution in [0.3, 0.4) is 0 Å². The molecule has 1 aliphatic heterocycles. The molecule has 32 heavy (non-hydrogen) atoms. The van der Waals surface area contributed by atoms with Gasteiger partial charge in [-0.15, -0.1) is 0 Å². The van der Waals surface area contributed by atoms with Gasteiger partial charge in [-0.2, -0.15) is 0 Å². The van der Waals surface area contributed by atoms with Crippen molar-refractivity contribution < 1.29 is 14.3 Å². The van der Waals surface area contributed by atoms with E-state index in [1.165, 1.54) is 0 Å². The number of carbonyl (C=O) groups is 1. The van der Waals surface area contributed by atoms with Crippen molar-refractivity contribution in [1.29, 1.82) is 0 Å². The molecule has 0 radical (unpaired) electrons. The van der Waals surface area contributed by atoms with Crippen molar-refractivity contribution in [3.05, 3.63) is 78.1 Å². The van der Waals surface area contributed by atoms with Crippen LogP contribution in [0.2, 0.25) is 0 Å². The van der Waals surface area contributed by atoms with Crippen molar-refractivity contribution in [1.82, 2.24) is 14.8 Å². The van der Waals surface area contributed by atoms with E-state index in [-0.39, 0.29) is 11.9 Å². The van der Waals surface area contributed by atoms with Crippen LogP contribution in [0.1, 0.15) is 11.1 Å². The third-order valence-electron chi connectivity index (χ3n) is 6.08. The van der Waals surface area contributed by atoms with Crippen LogP contribution in [0.4, 0.5) is 0 Å². The van der Waals surface area contributed by atoms with Gasteiger partial charge in [0, 0.05) is 44.6 Å². The highest BCUT2D eigenvalue weighted by Gasteiger charge is 2.33. The number of hydrogen-bond acceptors (Lipinski definition) is 5. The minimum absolute atomic E-state index is 0.149. The van der Waals surface area contributed by atoms with E-state index >= 15 is 0 Å².